The summed E-state index contributed by atoms with van der Waals surface area (Å²) in [5.41, 5.74) is 1.77. The minimum atomic E-state index is -0.137. The Morgan fingerprint density at radius 3 is 2.37 bits per heavy atom. The number of nitrogens with zero attached hydrogens (tertiary/aromatic N) is 3. The molecule has 0 spiro atoms. The lowest BCUT2D eigenvalue weighted by molar-refractivity contribution is -0.122. The van der Waals surface area contributed by atoms with Gasteiger partial charge in [0.25, 0.3) is 5.91 Å². The van der Waals surface area contributed by atoms with E-state index >= 15 is 0 Å². The zero-order valence-corrected chi connectivity index (χ0v) is 19.5. The molecule has 0 aliphatic carbocycles. The van der Waals surface area contributed by atoms with Gasteiger partial charge in [-0.1, -0.05) is 60.7 Å². The maximum atomic E-state index is 13.1. The van der Waals surface area contributed by atoms with Crippen molar-refractivity contribution in [3.8, 4) is 11.5 Å². The van der Waals surface area contributed by atoms with Crippen LogP contribution in [-0.4, -0.2) is 22.2 Å². The molecule has 35 heavy (non-hydrogen) atoms. The number of furan rings is 1. The highest BCUT2D eigenvalue weighted by atomic mass is 32.2. The van der Waals surface area contributed by atoms with Gasteiger partial charge in [-0.3, -0.25) is 9.69 Å². The van der Waals surface area contributed by atoms with Gasteiger partial charge < -0.3 is 9.15 Å². The summed E-state index contributed by atoms with van der Waals surface area (Å²) in [6, 6.07) is 30.5. The molecule has 1 fully saturated rings. The Labute approximate surface area is 207 Å². The van der Waals surface area contributed by atoms with Crippen molar-refractivity contribution >= 4 is 35.1 Å². The van der Waals surface area contributed by atoms with Crippen LogP contribution >= 0.6 is 11.8 Å². The quantitative estimate of drug-likeness (QED) is 0.171. The molecule has 172 valence electrons. The van der Waals surface area contributed by atoms with Crippen molar-refractivity contribution in [2.45, 2.75) is 6.54 Å². The van der Waals surface area contributed by atoms with E-state index in [0.717, 1.165) is 16.9 Å². The second kappa shape index (κ2) is 10.7. The first-order chi connectivity index (χ1) is 17.2. The van der Waals surface area contributed by atoms with Crippen LogP contribution in [0.3, 0.4) is 0 Å². The average molecular weight is 480 g/mol. The fourth-order valence-corrected chi connectivity index (χ4v) is 4.34. The Bertz CT molecular complexity index is 1380. The van der Waals surface area contributed by atoms with Crippen molar-refractivity contribution in [1.29, 1.82) is 0 Å². The molecule has 1 saturated heterocycles. The Kier molecular flexibility index (Phi) is 6.87. The van der Waals surface area contributed by atoms with E-state index in [1.165, 1.54) is 11.8 Å². The topological polar surface area (TPSA) is 67.4 Å². The third kappa shape index (κ3) is 5.77. The standard InChI is InChI=1S/C28H21N3O3S/c32-27-26(18-21-9-3-1-4-10-21)35-28(31(27)20-25-15-8-16-33-25)30-29-19-22-11-7-14-24(17-22)34-23-12-5-2-6-13-23/h1-19H,20H2/b26-18-,29-19+,30-28+. The molecule has 7 heteroatoms. The van der Waals surface area contributed by atoms with Crippen LogP contribution in [0.2, 0.25) is 0 Å². The van der Waals surface area contributed by atoms with Gasteiger partial charge in [0.15, 0.2) is 5.17 Å². The van der Waals surface area contributed by atoms with Crippen molar-refractivity contribution < 1.29 is 13.9 Å². The van der Waals surface area contributed by atoms with E-state index in [1.807, 2.05) is 97.1 Å². The van der Waals surface area contributed by atoms with Gasteiger partial charge in [-0.2, -0.15) is 5.10 Å². The highest BCUT2D eigenvalue weighted by molar-refractivity contribution is 8.18. The minimum Gasteiger partial charge on any atom is -0.467 e. The Morgan fingerprint density at radius 1 is 0.857 bits per heavy atom. The van der Waals surface area contributed by atoms with Crippen LogP contribution < -0.4 is 4.74 Å². The maximum Gasteiger partial charge on any atom is 0.267 e. The maximum absolute atomic E-state index is 13.1. The average Bonchev–Trinajstić information content (AvgIpc) is 3.50. The van der Waals surface area contributed by atoms with Gasteiger partial charge in [-0.15, -0.1) is 5.10 Å². The molecule has 0 bridgehead atoms. The van der Waals surface area contributed by atoms with E-state index in [-0.39, 0.29) is 12.5 Å². The summed E-state index contributed by atoms with van der Waals surface area (Å²) in [5, 5.41) is 9.12. The summed E-state index contributed by atoms with van der Waals surface area (Å²) in [6.45, 7) is 0.277. The lowest BCUT2D eigenvalue weighted by atomic mass is 10.2. The van der Waals surface area contributed by atoms with Crippen LogP contribution in [0.15, 0.2) is 123 Å². The summed E-state index contributed by atoms with van der Waals surface area (Å²) in [4.78, 5) is 15.3. The molecule has 0 unspecified atom stereocenters. The number of amides is 1. The molecule has 1 aliphatic heterocycles. The molecule has 5 rings (SSSR count). The van der Waals surface area contributed by atoms with Crippen molar-refractivity contribution in [2.75, 3.05) is 0 Å². The predicted molar refractivity (Wildman–Crippen MR) is 139 cm³/mol. The zero-order chi connectivity index (χ0) is 23.9. The summed E-state index contributed by atoms with van der Waals surface area (Å²) in [7, 11) is 0. The highest BCUT2D eigenvalue weighted by Gasteiger charge is 2.34. The third-order valence-electron chi connectivity index (χ3n) is 5.07. The summed E-state index contributed by atoms with van der Waals surface area (Å²) >= 11 is 1.29. The number of carbonyl (C=O) groups is 1. The number of benzene rings is 3. The van der Waals surface area contributed by atoms with Gasteiger partial charge in [0.2, 0.25) is 0 Å². The first-order valence-corrected chi connectivity index (χ1v) is 11.8. The molecule has 4 aromatic rings. The molecule has 2 heterocycles. The summed E-state index contributed by atoms with van der Waals surface area (Å²) in [6.07, 6.45) is 5.09. The molecule has 0 saturated carbocycles. The van der Waals surface area contributed by atoms with Crippen LogP contribution in [0.1, 0.15) is 16.9 Å². The summed E-state index contributed by atoms with van der Waals surface area (Å²) in [5.74, 6) is 1.99. The highest BCUT2D eigenvalue weighted by Crippen LogP contribution is 2.33. The first kappa shape index (κ1) is 22.4. The van der Waals surface area contributed by atoms with Gasteiger partial charge in [0, 0.05) is 0 Å². The molecule has 1 amide bonds. The Morgan fingerprint density at radius 2 is 1.60 bits per heavy atom. The van der Waals surface area contributed by atoms with E-state index < -0.39 is 0 Å². The van der Waals surface area contributed by atoms with Gasteiger partial charge in [0.1, 0.15) is 17.3 Å². The number of amidine groups is 1. The zero-order valence-electron chi connectivity index (χ0n) is 18.7. The second-order valence-corrected chi connectivity index (χ2v) is 8.62. The molecule has 0 radical (unpaired) electrons. The number of ether oxygens (including phenoxy) is 1. The molecule has 1 aliphatic rings. The van der Waals surface area contributed by atoms with Gasteiger partial charge in [0.05, 0.1) is 23.9 Å². The Hall–Kier alpha value is -4.36. The molecule has 1 aromatic heterocycles. The molecule has 3 aromatic carbocycles. The largest absolute Gasteiger partial charge is 0.467 e. The lowest BCUT2D eigenvalue weighted by Gasteiger charge is -2.12. The van der Waals surface area contributed by atoms with Crippen molar-refractivity contribution in [2.24, 2.45) is 10.2 Å². The third-order valence-corrected chi connectivity index (χ3v) is 6.06. The predicted octanol–water partition coefficient (Wildman–Crippen LogP) is 6.58. The smallest absolute Gasteiger partial charge is 0.267 e. The van der Waals surface area contributed by atoms with E-state index in [0.29, 0.717) is 21.6 Å². The van der Waals surface area contributed by atoms with Crippen LogP contribution in [0, 0.1) is 0 Å². The number of thioether (sulfide) groups is 1. The Balaban J connectivity index is 1.37. The van der Waals surface area contributed by atoms with E-state index in [9.17, 15) is 4.79 Å². The van der Waals surface area contributed by atoms with Crippen molar-refractivity contribution in [1.82, 2.24) is 4.90 Å². The fourth-order valence-electron chi connectivity index (χ4n) is 3.41. The van der Waals surface area contributed by atoms with E-state index in [4.69, 9.17) is 9.15 Å². The molecular formula is C28H21N3O3S. The SMILES string of the molecule is O=C1/C(=C/c2ccccc2)S/C(=N/N=C/c2cccc(Oc3ccccc3)c2)N1Cc1ccco1. The van der Waals surface area contributed by atoms with Crippen molar-refractivity contribution in [3.63, 3.8) is 0 Å². The fraction of sp³-hybridized carbons (Fsp3) is 0.0357. The molecule has 0 N–H and O–H groups in total. The van der Waals surface area contributed by atoms with Gasteiger partial charge >= 0.3 is 0 Å². The number of carbonyl (C=O) groups excluding carboxylic acids is 1. The van der Waals surface area contributed by atoms with Crippen LogP contribution in [-0.2, 0) is 11.3 Å². The number of hydrogen-bond acceptors (Lipinski definition) is 6. The normalized spacial score (nSPS) is 16.0. The lowest BCUT2D eigenvalue weighted by Crippen LogP contribution is -2.28. The second-order valence-electron chi connectivity index (χ2n) is 7.61. The van der Waals surface area contributed by atoms with Crippen LogP contribution in [0.5, 0.6) is 11.5 Å². The number of rotatable bonds is 7. The van der Waals surface area contributed by atoms with Crippen molar-refractivity contribution in [3.05, 3.63) is 125 Å². The molecule has 6 nitrogen and oxygen atoms in total. The van der Waals surface area contributed by atoms with Gasteiger partial charge in [-0.25, -0.2) is 0 Å². The molecule has 0 atom stereocenters. The summed E-state index contributed by atoms with van der Waals surface area (Å²) < 4.78 is 11.3. The van der Waals surface area contributed by atoms with E-state index in [2.05, 4.69) is 10.2 Å². The van der Waals surface area contributed by atoms with E-state index in [1.54, 1.807) is 23.4 Å². The van der Waals surface area contributed by atoms with Crippen LogP contribution in [0.25, 0.3) is 6.08 Å². The molecular weight excluding hydrogens is 458 g/mol. The monoisotopic (exact) mass is 479 g/mol. The first-order valence-electron chi connectivity index (χ1n) is 11.0. The van der Waals surface area contributed by atoms with Gasteiger partial charge in [-0.05, 0) is 65.4 Å². The van der Waals surface area contributed by atoms with Crippen LogP contribution in [0.4, 0.5) is 0 Å². The number of para-hydroxylation sites is 1. The minimum absolute atomic E-state index is 0.137. The number of hydrogen-bond donors (Lipinski definition) is 0.